The minimum atomic E-state index is -0.282. The van der Waals surface area contributed by atoms with Gasteiger partial charge in [0, 0.05) is 0 Å². The molecule has 2 aliphatic rings. The zero-order valence-electron chi connectivity index (χ0n) is 14.1. The minimum Gasteiger partial charge on any atom is -0.371 e. The molecule has 4 nitrogen and oxygen atoms in total. The number of hydrogen-bond acceptors (Lipinski definition) is 5. The molecule has 2 aromatic rings. The van der Waals surface area contributed by atoms with Gasteiger partial charge >= 0.3 is 0 Å². The molecule has 0 amide bonds. The van der Waals surface area contributed by atoms with Crippen molar-refractivity contribution in [1.82, 2.24) is 0 Å². The summed E-state index contributed by atoms with van der Waals surface area (Å²) >= 11 is 14.3. The van der Waals surface area contributed by atoms with Crippen LogP contribution in [0.3, 0.4) is 0 Å². The molecule has 7 heteroatoms. The Kier molecular flexibility index (Phi) is 5.20. The van der Waals surface area contributed by atoms with Crippen LogP contribution in [0.25, 0.3) is 0 Å². The fourth-order valence-corrected chi connectivity index (χ4v) is 4.73. The van der Waals surface area contributed by atoms with E-state index in [2.05, 4.69) is 15.5 Å². The van der Waals surface area contributed by atoms with E-state index < -0.39 is 0 Å². The number of anilines is 1. The van der Waals surface area contributed by atoms with E-state index in [1.807, 2.05) is 48.2 Å². The number of hydrogen-bond donors (Lipinski definition) is 1. The lowest BCUT2D eigenvalue weighted by atomic mass is 9.88. The third-order valence-electron chi connectivity index (χ3n) is 4.67. The Morgan fingerprint density at radius 1 is 1.08 bits per heavy atom. The maximum Gasteiger partial charge on any atom is 0.176 e. The van der Waals surface area contributed by atoms with Crippen LogP contribution >= 0.6 is 35.0 Å². The van der Waals surface area contributed by atoms with Gasteiger partial charge in [0.1, 0.15) is 5.54 Å². The van der Waals surface area contributed by atoms with E-state index in [-0.39, 0.29) is 5.54 Å². The van der Waals surface area contributed by atoms with Crippen molar-refractivity contribution in [3.63, 3.8) is 0 Å². The quantitative estimate of drug-likeness (QED) is 0.591. The van der Waals surface area contributed by atoms with Crippen LogP contribution in [0.1, 0.15) is 18.4 Å². The van der Waals surface area contributed by atoms with Gasteiger partial charge in [-0.2, -0.15) is 16.9 Å². The summed E-state index contributed by atoms with van der Waals surface area (Å²) in [7, 11) is 0. The van der Waals surface area contributed by atoms with Gasteiger partial charge in [-0.15, -0.1) is 5.11 Å². The van der Waals surface area contributed by atoms with Gasteiger partial charge in [-0.05, 0) is 42.0 Å². The normalized spacial score (nSPS) is 18.5. The van der Waals surface area contributed by atoms with Crippen molar-refractivity contribution in [1.29, 1.82) is 0 Å². The molecule has 26 heavy (non-hydrogen) atoms. The molecule has 0 saturated carbocycles. The summed E-state index contributed by atoms with van der Waals surface area (Å²) in [5, 5.41) is 13.6. The predicted octanol–water partition coefficient (Wildman–Crippen LogP) is 6.37. The maximum atomic E-state index is 6.19. The van der Waals surface area contributed by atoms with Gasteiger partial charge in [-0.1, -0.05) is 53.5 Å². The third kappa shape index (κ3) is 3.61. The fraction of sp³-hybridized carbons (Fsp3) is 0.316. The summed E-state index contributed by atoms with van der Waals surface area (Å²) in [6.45, 7) is 0.541. The Bertz CT molecular complexity index is 861. The number of amidine groups is 1. The van der Waals surface area contributed by atoms with E-state index in [9.17, 15) is 0 Å². The van der Waals surface area contributed by atoms with Crippen molar-refractivity contribution in [2.75, 3.05) is 16.8 Å². The molecule has 2 heterocycles. The van der Waals surface area contributed by atoms with E-state index in [1.54, 1.807) is 6.07 Å². The van der Waals surface area contributed by atoms with Crippen LogP contribution in [0, 0.1) is 0 Å². The molecule has 1 N–H and O–H groups in total. The number of nitrogens with one attached hydrogen (secondary N) is 1. The lowest BCUT2D eigenvalue weighted by molar-refractivity contribution is 0.556. The van der Waals surface area contributed by atoms with Gasteiger partial charge in [-0.25, -0.2) is 4.99 Å². The van der Waals surface area contributed by atoms with E-state index in [1.165, 1.54) is 0 Å². The summed E-state index contributed by atoms with van der Waals surface area (Å²) in [5.41, 5.74) is 2.52. The standard InChI is InChI=1S/C19H18Cl2N4S/c20-14-10-16-17(11-15(14)21)24-19(6-8-26-9-7-19)18(23-16)25-22-12-13-4-2-1-3-5-13/h1-5,10-11,24H,6-9,12H2. The third-order valence-corrected chi connectivity index (χ3v) is 6.38. The molecular weight excluding hydrogens is 387 g/mol. The molecule has 0 atom stereocenters. The lowest BCUT2D eigenvalue weighted by Gasteiger charge is -2.40. The highest BCUT2D eigenvalue weighted by Crippen LogP contribution is 2.43. The number of fused-ring (bicyclic) bond motifs is 1. The average Bonchev–Trinajstić information content (AvgIpc) is 2.66. The van der Waals surface area contributed by atoms with Crippen LogP contribution < -0.4 is 5.32 Å². The van der Waals surface area contributed by atoms with Crippen molar-refractivity contribution in [2.24, 2.45) is 15.2 Å². The zero-order chi connectivity index (χ0) is 18.0. The van der Waals surface area contributed by atoms with Crippen LogP contribution in [-0.4, -0.2) is 22.9 Å². The summed E-state index contributed by atoms with van der Waals surface area (Å²) in [5.74, 6) is 2.87. The van der Waals surface area contributed by atoms with Gasteiger partial charge in [0.15, 0.2) is 5.84 Å². The number of halogens is 2. The number of azo groups is 1. The van der Waals surface area contributed by atoms with Crippen molar-refractivity contribution >= 4 is 52.2 Å². The Labute approximate surface area is 167 Å². The van der Waals surface area contributed by atoms with Crippen LogP contribution in [-0.2, 0) is 6.54 Å². The first-order chi connectivity index (χ1) is 12.7. The summed E-state index contributed by atoms with van der Waals surface area (Å²) in [6, 6.07) is 13.7. The van der Waals surface area contributed by atoms with E-state index in [0.717, 1.165) is 47.1 Å². The predicted molar refractivity (Wildman–Crippen MR) is 111 cm³/mol. The summed E-state index contributed by atoms with van der Waals surface area (Å²) in [4.78, 5) is 4.80. The summed E-state index contributed by atoms with van der Waals surface area (Å²) < 4.78 is 0. The van der Waals surface area contributed by atoms with Crippen LogP contribution in [0.2, 0.25) is 10.0 Å². The zero-order valence-corrected chi connectivity index (χ0v) is 16.4. The number of nitrogens with zero attached hydrogens (tertiary/aromatic N) is 3. The first kappa shape index (κ1) is 17.8. The van der Waals surface area contributed by atoms with Gasteiger partial charge in [0.2, 0.25) is 0 Å². The second kappa shape index (κ2) is 7.59. The number of rotatable bonds is 2. The van der Waals surface area contributed by atoms with Crippen molar-refractivity contribution in [3.8, 4) is 0 Å². The Morgan fingerprint density at radius 3 is 2.58 bits per heavy atom. The molecule has 1 spiro atoms. The van der Waals surface area contributed by atoms with Crippen molar-refractivity contribution < 1.29 is 0 Å². The lowest BCUT2D eigenvalue weighted by Crippen LogP contribution is -2.49. The topological polar surface area (TPSA) is 49.1 Å². The Balaban J connectivity index is 1.67. The van der Waals surface area contributed by atoms with Crippen LogP contribution in [0.4, 0.5) is 11.4 Å². The molecule has 2 aromatic carbocycles. The van der Waals surface area contributed by atoms with Gasteiger partial charge in [-0.3, -0.25) is 0 Å². The Morgan fingerprint density at radius 2 is 1.81 bits per heavy atom. The number of benzene rings is 2. The number of aliphatic imine (C=N–C) groups is 1. The molecule has 0 bridgehead atoms. The molecule has 2 aliphatic heterocycles. The SMILES string of the molecule is Clc1cc2c(cc1Cl)NC1(CCSCC1)C(N=NCc1ccccc1)=N2. The molecule has 1 fully saturated rings. The molecule has 1 saturated heterocycles. The van der Waals surface area contributed by atoms with Crippen molar-refractivity contribution in [2.45, 2.75) is 24.9 Å². The molecule has 0 aromatic heterocycles. The minimum absolute atomic E-state index is 0.282. The first-order valence-corrected chi connectivity index (χ1v) is 10.4. The highest BCUT2D eigenvalue weighted by atomic mass is 35.5. The number of thioether (sulfide) groups is 1. The second-order valence-corrected chi connectivity index (χ2v) is 8.46. The Hall–Kier alpha value is -1.56. The molecule has 134 valence electrons. The van der Waals surface area contributed by atoms with E-state index in [4.69, 9.17) is 28.2 Å². The largest absolute Gasteiger partial charge is 0.371 e. The van der Waals surface area contributed by atoms with Gasteiger partial charge in [0.05, 0.1) is 28.0 Å². The van der Waals surface area contributed by atoms with E-state index >= 15 is 0 Å². The molecule has 0 aliphatic carbocycles. The fourth-order valence-electron chi connectivity index (χ4n) is 3.22. The average molecular weight is 405 g/mol. The highest BCUT2D eigenvalue weighted by Gasteiger charge is 2.41. The van der Waals surface area contributed by atoms with Gasteiger partial charge < -0.3 is 5.32 Å². The summed E-state index contributed by atoms with van der Waals surface area (Å²) in [6.07, 6.45) is 1.92. The molecular formula is C19H18Cl2N4S. The molecule has 0 unspecified atom stereocenters. The highest BCUT2D eigenvalue weighted by molar-refractivity contribution is 7.99. The molecule has 0 radical (unpaired) electrons. The smallest absolute Gasteiger partial charge is 0.176 e. The monoisotopic (exact) mass is 404 g/mol. The van der Waals surface area contributed by atoms with Crippen LogP contribution in [0.5, 0.6) is 0 Å². The molecule has 4 rings (SSSR count). The van der Waals surface area contributed by atoms with Crippen molar-refractivity contribution in [3.05, 3.63) is 58.1 Å². The maximum absolute atomic E-state index is 6.19. The van der Waals surface area contributed by atoms with E-state index in [0.29, 0.717) is 16.6 Å². The van der Waals surface area contributed by atoms with Gasteiger partial charge in [0.25, 0.3) is 0 Å². The van der Waals surface area contributed by atoms with Crippen LogP contribution in [0.15, 0.2) is 57.7 Å². The first-order valence-electron chi connectivity index (χ1n) is 8.52. The second-order valence-electron chi connectivity index (χ2n) is 6.42.